The molecule has 23 heavy (non-hydrogen) atoms. The lowest BCUT2D eigenvalue weighted by atomic mass is 10.0. The number of benzene rings is 1. The molecule has 2 N–H and O–H groups in total. The number of aromatic nitrogens is 2. The van der Waals surface area contributed by atoms with Gasteiger partial charge in [-0.05, 0) is 56.7 Å². The van der Waals surface area contributed by atoms with Crippen molar-refractivity contribution in [3.8, 4) is 0 Å². The fourth-order valence-corrected chi connectivity index (χ4v) is 4.06. The van der Waals surface area contributed by atoms with Crippen molar-refractivity contribution >= 4 is 16.9 Å². The summed E-state index contributed by atoms with van der Waals surface area (Å²) >= 11 is 0. The molecule has 0 spiro atoms. The third kappa shape index (κ3) is 2.53. The van der Waals surface area contributed by atoms with E-state index in [1.165, 1.54) is 5.56 Å². The van der Waals surface area contributed by atoms with Crippen LogP contribution in [0.4, 0.5) is 0 Å². The zero-order chi connectivity index (χ0) is 16.0. The summed E-state index contributed by atoms with van der Waals surface area (Å²) in [5.74, 6) is 0.764. The zero-order valence-electron chi connectivity index (χ0n) is 13.5. The van der Waals surface area contributed by atoms with Gasteiger partial charge in [0.2, 0.25) is 5.91 Å². The number of H-pyrrole nitrogens is 1. The summed E-state index contributed by atoms with van der Waals surface area (Å²) in [5, 5.41) is 10.1. The van der Waals surface area contributed by atoms with Crippen LogP contribution in [0.1, 0.15) is 49.5 Å². The van der Waals surface area contributed by atoms with Crippen LogP contribution >= 0.6 is 0 Å². The van der Waals surface area contributed by atoms with Gasteiger partial charge in [0.15, 0.2) is 0 Å². The van der Waals surface area contributed by atoms with E-state index < -0.39 is 6.10 Å². The number of likely N-dealkylation sites (tertiary alicyclic amines) is 1. The van der Waals surface area contributed by atoms with Crippen LogP contribution in [0.3, 0.4) is 0 Å². The Hall–Kier alpha value is -1.88. The first-order valence-electron chi connectivity index (χ1n) is 8.58. The van der Waals surface area contributed by atoms with Gasteiger partial charge in [-0.15, -0.1) is 0 Å². The maximum absolute atomic E-state index is 12.8. The molecule has 1 aromatic heterocycles. The predicted molar refractivity (Wildman–Crippen MR) is 87.9 cm³/mol. The maximum Gasteiger partial charge on any atom is 0.228 e. The summed E-state index contributed by atoms with van der Waals surface area (Å²) in [4.78, 5) is 22.9. The average molecular weight is 313 g/mol. The minimum Gasteiger partial charge on any atom is -0.392 e. The smallest absolute Gasteiger partial charge is 0.228 e. The van der Waals surface area contributed by atoms with E-state index in [2.05, 4.69) is 24.0 Å². The van der Waals surface area contributed by atoms with Gasteiger partial charge in [0, 0.05) is 6.54 Å². The van der Waals surface area contributed by atoms with E-state index in [1.807, 2.05) is 11.0 Å². The SMILES string of the molecule is Cc1ccc2nc(C3CCCN3C(=O)C3CCCC3O)[nH]c2c1. The molecule has 1 saturated carbocycles. The maximum atomic E-state index is 12.8. The molecule has 1 aromatic carbocycles. The number of aryl methyl sites for hydroxylation is 1. The topological polar surface area (TPSA) is 69.2 Å². The molecule has 0 bridgehead atoms. The van der Waals surface area contributed by atoms with Gasteiger partial charge in [0.25, 0.3) is 0 Å². The number of rotatable bonds is 2. The highest BCUT2D eigenvalue weighted by atomic mass is 16.3. The molecule has 1 saturated heterocycles. The van der Waals surface area contributed by atoms with Gasteiger partial charge in [0.05, 0.1) is 29.1 Å². The summed E-state index contributed by atoms with van der Waals surface area (Å²) in [5.41, 5.74) is 3.17. The van der Waals surface area contributed by atoms with Crippen LogP contribution in [0.5, 0.6) is 0 Å². The van der Waals surface area contributed by atoms with Crippen LogP contribution in [0.15, 0.2) is 18.2 Å². The van der Waals surface area contributed by atoms with Crippen LogP contribution in [0.2, 0.25) is 0 Å². The fraction of sp³-hybridized carbons (Fsp3) is 0.556. The van der Waals surface area contributed by atoms with Crippen LogP contribution in [-0.4, -0.2) is 38.5 Å². The minimum atomic E-state index is -0.470. The number of fused-ring (bicyclic) bond motifs is 1. The third-order valence-electron chi connectivity index (χ3n) is 5.30. The van der Waals surface area contributed by atoms with E-state index in [-0.39, 0.29) is 17.9 Å². The molecule has 122 valence electrons. The Morgan fingerprint density at radius 2 is 2.17 bits per heavy atom. The van der Waals surface area contributed by atoms with Gasteiger partial charge in [-0.2, -0.15) is 0 Å². The van der Waals surface area contributed by atoms with E-state index in [4.69, 9.17) is 4.98 Å². The molecule has 3 unspecified atom stereocenters. The lowest BCUT2D eigenvalue weighted by Crippen LogP contribution is -2.38. The van der Waals surface area contributed by atoms with E-state index >= 15 is 0 Å². The quantitative estimate of drug-likeness (QED) is 0.895. The number of carbonyl (C=O) groups is 1. The van der Waals surface area contributed by atoms with Crippen LogP contribution in [-0.2, 0) is 4.79 Å². The molecule has 2 aromatic rings. The number of hydrogen-bond acceptors (Lipinski definition) is 3. The van der Waals surface area contributed by atoms with Crippen molar-refractivity contribution in [3.63, 3.8) is 0 Å². The number of aliphatic hydroxyl groups is 1. The van der Waals surface area contributed by atoms with Crippen molar-refractivity contribution in [1.29, 1.82) is 0 Å². The molecule has 2 aliphatic rings. The highest BCUT2D eigenvalue weighted by Crippen LogP contribution is 2.36. The molecule has 4 rings (SSSR count). The Balaban J connectivity index is 1.62. The Morgan fingerprint density at radius 3 is 2.96 bits per heavy atom. The Kier molecular flexibility index (Phi) is 3.60. The summed E-state index contributed by atoms with van der Waals surface area (Å²) in [6.45, 7) is 2.83. The highest BCUT2D eigenvalue weighted by Gasteiger charge is 2.39. The number of aromatic amines is 1. The Morgan fingerprint density at radius 1 is 1.30 bits per heavy atom. The normalized spacial score (nSPS) is 27.9. The van der Waals surface area contributed by atoms with Crippen molar-refractivity contribution in [3.05, 3.63) is 29.6 Å². The highest BCUT2D eigenvalue weighted by molar-refractivity contribution is 5.81. The first kappa shape index (κ1) is 14.7. The number of amides is 1. The molecule has 2 fully saturated rings. The third-order valence-corrected chi connectivity index (χ3v) is 5.30. The van der Waals surface area contributed by atoms with E-state index in [0.717, 1.165) is 55.5 Å². The molecule has 1 aliphatic heterocycles. The van der Waals surface area contributed by atoms with E-state index in [1.54, 1.807) is 0 Å². The van der Waals surface area contributed by atoms with Gasteiger partial charge in [0.1, 0.15) is 5.82 Å². The molecular weight excluding hydrogens is 290 g/mol. The monoisotopic (exact) mass is 313 g/mol. The van der Waals surface area contributed by atoms with Gasteiger partial charge >= 0.3 is 0 Å². The predicted octanol–water partition coefficient (Wildman–Crippen LogP) is 2.70. The van der Waals surface area contributed by atoms with Crippen LogP contribution < -0.4 is 0 Å². The van der Waals surface area contributed by atoms with Crippen molar-refractivity contribution < 1.29 is 9.90 Å². The van der Waals surface area contributed by atoms with E-state index in [9.17, 15) is 9.90 Å². The van der Waals surface area contributed by atoms with Crippen molar-refractivity contribution in [2.45, 2.75) is 51.2 Å². The van der Waals surface area contributed by atoms with Gasteiger partial charge < -0.3 is 15.0 Å². The number of imidazole rings is 1. The number of nitrogens with one attached hydrogen (secondary N) is 1. The molecule has 5 heteroatoms. The van der Waals surface area contributed by atoms with Gasteiger partial charge in [-0.25, -0.2) is 4.98 Å². The van der Waals surface area contributed by atoms with Crippen LogP contribution in [0.25, 0.3) is 11.0 Å². The summed E-state index contributed by atoms with van der Waals surface area (Å²) < 4.78 is 0. The van der Waals surface area contributed by atoms with Crippen molar-refractivity contribution in [1.82, 2.24) is 14.9 Å². The molecular formula is C18H23N3O2. The average Bonchev–Trinajstić information content (AvgIpc) is 3.23. The largest absolute Gasteiger partial charge is 0.392 e. The molecule has 3 atom stereocenters. The Labute approximate surface area is 135 Å². The second-order valence-corrected chi connectivity index (χ2v) is 6.94. The zero-order valence-corrected chi connectivity index (χ0v) is 13.5. The standard InChI is InChI=1S/C18H23N3O2/c1-11-7-8-13-14(10-11)20-17(19-13)15-5-3-9-21(15)18(23)12-4-2-6-16(12)22/h7-8,10,12,15-16,22H,2-6,9H2,1H3,(H,19,20). The molecule has 1 aliphatic carbocycles. The number of hydrogen-bond donors (Lipinski definition) is 2. The number of nitrogens with zero attached hydrogens (tertiary/aromatic N) is 2. The van der Waals surface area contributed by atoms with Gasteiger partial charge in [-0.3, -0.25) is 4.79 Å². The van der Waals surface area contributed by atoms with Crippen molar-refractivity contribution in [2.75, 3.05) is 6.54 Å². The number of aliphatic hydroxyl groups excluding tert-OH is 1. The summed E-state index contributed by atoms with van der Waals surface area (Å²) in [7, 11) is 0. The van der Waals surface area contributed by atoms with Crippen molar-refractivity contribution in [2.24, 2.45) is 5.92 Å². The second-order valence-electron chi connectivity index (χ2n) is 6.94. The fourth-order valence-electron chi connectivity index (χ4n) is 4.06. The summed E-state index contributed by atoms with van der Waals surface area (Å²) in [6, 6.07) is 6.18. The molecule has 1 amide bonds. The number of carbonyl (C=O) groups excluding carboxylic acids is 1. The minimum absolute atomic E-state index is 0.0167. The lowest BCUT2D eigenvalue weighted by Gasteiger charge is -2.27. The molecule has 2 heterocycles. The second kappa shape index (κ2) is 5.64. The molecule has 5 nitrogen and oxygen atoms in total. The van der Waals surface area contributed by atoms with E-state index in [0.29, 0.717) is 0 Å². The van der Waals surface area contributed by atoms with Gasteiger partial charge in [-0.1, -0.05) is 6.07 Å². The first-order valence-corrected chi connectivity index (χ1v) is 8.58. The summed E-state index contributed by atoms with van der Waals surface area (Å²) in [6.07, 6.45) is 3.96. The first-order chi connectivity index (χ1) is 11.1. The molecule has 0 radical (unpaired) electrons. The van der Waals surface area contributed by atoms with Crippen LogP contribution in [0, 0.1) is 12.8 Å². The lowest BCUT2D eigenvalue weighted by molar-refractivity contribution is -0.139. The Bertz CT molecular complexity index is 739.